The summed E-state index contributed by atoms with van der Waals surface area (Å²) >= 11 is 1.54. The van der Waals surface area contributed by atoms with Crippen molar-refractivity contribution < 1.29 is 19.8 Å². The van der Waals surface area contributed by atoms with Gasteiger partial charge in [0.2, 0.25) is 0 Å². The molecule has 0 radical (unpaired) electrons. The fraction of sp³-hybridized carbons (Fsp3) is 0.467. The van der Waals surface area contributed by atoms with E-state index in [-0.39, 0.29) is 11.2 Å². The van der Waals surface area contributed by atoms with Crippen LogP contribution >= 0.6 is 11.8 Å². The Morgan fingerprint density at radius 3 is 2.43 bits per heavy atom. The van der Waals surface area contributed by atoms with Crippen molar-refractivity contribution in [3.8, 4) is 0 Å². The van der Waals surface area contributed by atoms with Crippen molar-refractivity contribution in [2.75, 3.05) is 0 Å². The van der Waals surface area contributed by atoms with E-state index in [1.807, 2.05) is 31.2 Å². The van der Waals surface area contributed by atoms with Gasteiger partial charge >= 0.3 is 11.9 Å². The maximum atomic E-state index is 11.4. The van der Waals surface area contributed by atoms with Crippen LogP contribution in [0.5, 0.6) is 0 Å². The Morgan fingerprint density at radius 1 is 1.29 bits per heavy atom. The number of aliphatic carboxylic acids is 2. The van der Waals surface area contributed by atoms with Crippen molar-refractivity contribution in [2.24, 2.45) is 23.5 Å². The Labute approximate surface area is 126 Å². The van der Waals surface area contributed by atoms with Crippen LogP contribution in [0, 0.1) is 24.7 Å². The van der Waals surface area contributed by atoms with Crippen molar-refractivity contribution >= 4 is 23.7 Å². The van der Waals surface area contributed by atoms with Gasteiger partial charge in [-0.3, -0.25) is 9.59 Å². The molecule has 4 N–H and O–H groups in total. The molecule has 2 saturated carbocycles. The minimum absolute atomic E-state index is 0.0556. The average Bonchev–Trinajstić information content (AvgIpc) is 3.10. The third-order valence-electron chi connectivity index (χ3n) is 4.63. The van der Waals surface area contributed by atoms with Crippen LogP contribution in [-0.2, 0) is 9.59 Å². The van der Waals surface area contributed by atoms with Gasteiger partial charge in [0.15, 0.2) is 0 Å². The van der Waals surface area contributed by atoms with E-state index in [4.69, 9.17) is 5.73 Å². The lowest BCUT2D eigenvalue weighted by atomic mass is 9.91. The van der Waals surface area contributed by atoms with Crippen LogP contribution in [0.25, 0.3) is 0 Å². The smallest absolute Gasteiger partial charge is 0.324 e. The summed E-state index contributed by atoms with van der Waals surface area (Å²) in [6, 6.07) is 7.93. The van der Waals surface area contributed by atoms with Crippen LogP contribution in [-0.4, -0.2) is 32.9 Å². The number of carbonyl (C=O) groups is 2. The van der Waals surface area contributed by atoms with Gasteiger partial charge < -0.3 is 15.9 Å². The maximum Gasteiger partial charge on any atom is 0.324 e. The Morgan fingerprint density at radius 2 is 1.90 bits per heavy atom. The van der Waals surface area contributed by atoms with Gasteiger partial charge in [-0.25, -0.2) is 0 Å². The van der Waals surface area contributed by atoms with Gasteiger partial charge in [-0.15, -0.1) is 11.8 Å². The molecule has 1 aromatic rings. The number of thioether (sulfide) groups is 1. The molecule has 0 aromatic heterocycles. The fourth-order valence-corrected chi connectivity index (χ4v) is 5.02. The minimum Gasteiger partial charge on any atom is -0.481 e. The SMILES string of the molecule is Cc1ccc(SC2CC(N)(C(=O)O)C3C2[C@H]3C(=O)O)cc1. The number of carboxylic acid groups (broad SMARTS) is 2. The number of carboxylic acids is 2. The number of rotatable bonds is 4. The normalized spacial score (nSPS) is 37.0. The summed E-state index contributed by atoms with van der Waals surface area (Å²) in [7, 11) is 0. The number of nitrogens with two attached hydrogens (primary N) is 1. The van der Waals surface area contributed by atoms with Crippen LogP contribution in [0.3, 0.4) is 0 Å². The highest BCUT2D eigenvalue weighted by Gasteiger charge is 2.73. The van der Waals surface area contributed by atoms with Gasteiger partial charge in [-0.2, -0.15) is 0 Å². The van der Waals surface area contributed by atoms with E-state index >= 15 is 0 Å². The minimum atomic E-state index is -1.41. The van der Waals surface area contributed by atoms with E-state index in [1.54, 1.807) is 11.8 Å². The standard InChI is InChI=1S/C15H17NO4S/c1-7-2-4-8(5-3-7)21-9-6-15(16,14(19)20)12-10(9)11(12)13(17)18/h2-5,9-12H,6,16H2,1H3,(H,17,18)(H,19,20)/t9?,10?,11-,12?,15?/m1/s1. The number of fused-ring (bicyclic) bond motifs is 1. The highest BCUT2D eigenvalue weighted by molar-refractivity contribution is 8.00. The molecule has 3 rings (SSSR count). The Kier molecular flexibility index (Phi) is 3.26. The molecule has 0 aliphatic heterocycles. The Bertz CT molecular complexity index is 602. The first-order valence-electron chi connectivity index (χ1n) is 6.83. The summed E-state index contributed by atoms with van der Waals surface area (Å²) in [6.07, 6.45) is 0.319. The number of benzene rings is 1. The molecule has 5 atom stereocenters. The zero-order valence-corrected chi connectivity index (χ0v) is 12.3. The molecule has 0 amide bonds. The first-order chi connectivity index (χ1) is 9.84. The summed E-state index contributed by atoms with van der Waals surface area (Å²) in [5.74, 6) is -3.24. The molecule has 6 heteroatoms. The van der Waals surface area contributed by atoms with Crippen molar-refractivity contribution in [2.45, 2.75) is 29.0 Å². The Hall–Kier alpha value is -1.53. The summed E-state index contributed by atoms with van der Waals surface area (Å²) in [6.45, 7) is 2.00. The summed E-state index contributed by atoms with van der Waals surface area (Å²) in [5, 5.41) is 18.5. The van der Waals surface area contributed by atoms with Crippen LogP contribution in [0.1, 0.15) is 12.0 Å². The third kappa shape index (κ3) is 2.22. The molecule has 2 aliphatic carbocycles. The van der Waals surface area contributed by atoms with Gasteiger partial charge in [-0.05, 0) is 31.4 Å². The van der Waals surface area contributed by atoms with Gasteiger partial charge in [-0.1, -0.05) is 17.7 Å². The third-order valence-corrected chi connectivity index (χ3v) is 5.96. The first kappa shape index (κ1) is 14.4. The molecule has 0 saturated heterocycles. The largest absolute Gasteiger partial charge is 0.481 e. The number of aryl methyl sites for hydroxylation is 1. The fourth-order valence-electron chi connectivity index (χ4n) is 3.53. The first-order valence-corrected chi connectivity index (χ1v) is 7.71. The summed E-state index contributed by atoms with van der Waals surface area (Å²) in [5.41, 5.74) is 5.75. The van der Waals surface area contributed by atoms with E-state index in [0.29, 0.717) is 6.42 Å². The zero-order chi connectivity index (χ0) is 15.4. The van der Waals surface area contributed by atoms with E-state index in [0.717, 1.165) is 10.5 Å². The molecule has 2 fully saturated rings. The van der Waals surface area contributed by atoms with Crippen LogP contribution in [0.2, 0.25) is 0 Å². The quantitative estimate of drug-likeness (QED) is 0.781. The monoisotopic (exact) mass is 307 g/mol. The maximum absolute atomic E-state index is 11.4. The predicted molar refractivity (Wildman–Crippen MR) is 78.1 cm³/mol. The van der Waals surface area contributed by atoms with Gasteiger partial charge in [0.25, 0.3) is 0 Å². The van der Waals surface area contributed by atoms with E-state index in [1.165, 1.54) is 0 Å². The van der Waals surface area contributed by atoms with Gasteiger partial charge in [0.1, 0.15) is 5.54 Å². The van der Waals surface area contributed by atoms with Gasteiger partial charge in [0, 0.05) is 16.1 Å². The average molecular weight is 307 g/mol. The molecule has 5 nitrogen and oxygen atoms in total. The predicted octanol–water partition coefficient (Wildman–Crippen LogP) is 1.59. The molecule has 2 aliphatic rings. The lowest BCUT2D eigenvalue weighted by Gasteiger charge is -2.24. The molecule has 1 aromatic carbocycles. The highest BCUT2D eigenvalue weighted by Crippen LogP contribution is 2.65. The molecule has 112 valence electrons. The van der Waals surface area contributed by atoms with E-state index in [2.05, 4.69) is 0 Å². The van der Waals surface area contributed by atoms with Crippen molar-refractivity contribution in [3.63, 3.8) is 0 Å². The lowest BCUT2D eigenvalue weighted by molar-refractivity contribution is -0.145. The molecule has 4 unspecified atom stereocenters. The second-order valence-corrected chi connectivity index (χ2v) is 7.30. The van der Waals surface area contributed by atoms with Gasteiger partial charge in [0.05, 0.1) is 5.92 Å². The van der Waals surface area contributed by atoms with Crippen LogP contribution in [0.15, 0.2) is 29.2 Å². The second-order valence-electron chi connectivity index (χ2n) is 5.99. The van der Waals surface area contributed by atoms with Crippen molar-refractivity contribution in [3.05, 3.63) is 29.8 Å². The summed E-state index contributed by atoms with van der Waals surface area (Å²) in [4.78, 5) is 23.7. The lowest BCUT2D eigenvalue weighted by Crippen LogP contribution is -2.50. The van der Waals surface area contributed by atoms with Crippen LogP contribution in [0.4, 0.5) is 0 Å². The summed E-state index contributed by atoms with van der Waals surface area (Å²) < 4.78 is 0. The number of hydrogen-bond acceptors (Lipinski definition) is 4. The topological polar surface area (TPSA) is 101 Å². The van der Waals surface area contributed by atoms with E-state index < -0.39 is 29.3 Å². The molecular weight excluding hydrogens is 290 g/mol. The zero-order valence-electron chi connectivity index (χ0n) is 11.5. The molecule has 21 heavy (non-hydrogen) atoms. The molecule has 0 bridgehead atoms. The molecular formula is C15H17NO4S. The second kappa shape index (κ2) is 4.74. The molecule has 0 spiro atoms. The highest BCUT2D eigenvalue weighted by atomic mass is 32.2. The number of hydrogen-bond donors (Lipinski definition) is 3. The van der Waals surface area contributed by atoms with E-state index in [9.17, 15) is 19.8 Å². The molecule has 0 heterocycles. The van der Waals surface area contributed by atoms with Crippen molar-refractivity contribution in [1.29, 1.82) is 0 Å². The van der Waals surface area contributed by atoms with Crippen molar-refractivity contribution in [1.82, 2.24) is 0 Å². The Balaban J connectivity index is 1.82. The van der Waals surface area contributed by atoms with Crippen LogP contribution < -0.4 is 5.73 Å².